The number of nitrogens with zero attached hydrogens (tertiary/aromatic N) is 2. The molecule has 1 heterocycles. The number of rotatable bonds is 7. The van der Waals surface area contributed by atoms with E-state index < -0.39 is 15.9 Å². The van der Waals surface area contributed by atoms with E-state index in [4.69, 9.17) is 0 Å². The Morgan fingerprint density at radius 2 is 1.54 bits per heavy atom. The normalized spacial score (nSPS) is 14.7. The van der Waals surface area contributed by atoms with Crippen molar-refractivity contribution in [3.8, 4) is 0 Å². The molecule has 2 aromatic rings. The molecule has 0 radical (unpaired) electrons. The molecule has 1 aromatic heterocycles. The molecule has 0 bridgehead atoms. The molecular weight excluding hydrogens is 381 g/mol. The lowest BCUT2D eigenvalue weighted by Gasteiger charge is -2.41. The Kier molecular flexibility index (Phi) is 6.42. The van der Waals surface area contributed by atoms with E-state index in [2.05, 4.69) is 16.5 Å². The van der Waals surface area contributed by atoms with Crippen molar-refractivity contribution in [1.82, 2.24) is 9.97 Å². The Hall–Kier alpha value is -1.51. The van der Waals surface area contributed by atoms with Crippen LogP contribution in [0.25, 0.3) is 0 Å². The minimum absolute atomic E-state index is 0.123. The number of halogens is 3. The molecule has 1 aromatic carbocycles. The smallest absolute Gasteiger partial charge is 0.383 e. The van der Waals surface area contributed by atoms with Gasteiger partial charge in [0.1, 0.15) is 11.9 Å². The lowest BCUT2D eigenvalue weighted by molar-refractivity contribution is -0.0328. The summed E-state index contributed by atoms with van der Waals surface area (Å²) < 4.78 is 36.6. The highest BCUT2D eigenvalue weighted by Crippen LogP contribution is 2.48. The predicted molar refractivity (Wildman–Crippen MR) is 99.0 cm³/mol. The molecule has 140 valence electrons. The minimum atomic E-state index is -4.31. The minimum Gasteiger partial charge on any atom is -0.383 e. The van der Waals surface area contributed by atoms with Gasteiger partial charge in [0.05, 0.1) is 0 Å². The Morgan fingerprint density at radius 1 is 1.04 bits per heavy atom. The molecule has 0 saturated heterocycles. The summed E-state index contributed by atoms with van der Waals surface area (Å²) in [6.07, 6.45) is 6.40. The summed E-state index contributed by atoms with van der Waals surface area (Å²) in [5.41, 5.74) is -5.05. The third kappa shape index (κ3) is 5.02. The van der Waals surface area contributed by atoms with E-state index in [1.807, 2.05) is 13.8 Å². The average Bonchev–Trinajstić information content (AvgIpc) is 2.56. The molecular formula is C18H19F3N2OS2. The maximum atomic E-state index is 12.4. The second kappa shape index (κ2) is 8.02. The molecule has 1 N–H and O–H groups in total. The number of thioether (sulfide) groups is 2. The monoisotopic (exact) mass is 400 g/mol. The SMILES string of the molecule is C=CCC(O)(c1cncnc1)C(C)(C)Sc1ccc(SC(F)(F)F)cc1. The van der Waals surface area contributed by atoms with Crippen LogP contribution in [-0.2, 0) is 5.60 Å². The summed E-state index contributed by atoms with van der Waals surface area (Å²) in [4.78, 5) is 8.82. The molecule has 0 aliphatic carbocycles. The van der Waals surface area contributed by atoms with E-state index in [1.165, 1.54) is 30.2 Å². The molecule has 0 saturated carbocycles. The molecule has 0 fully saturated rings. The zero-order valence-corrected chi connectivity index (χ0v) is 16.0. The van der Waals surface area contributed by atoms with Gasteiger partial charge in [0.15, 0.2) is 0 Å². The van der Waals surface area contributed by atoms with Gasteiger partial charge in [-0.3, -0.25) is 0 Å². The summed E-state index contributed by atoms with van der Waals surface area (Å²) in [5, 5.41) is 11.4. The molecule has 0 spiro atoms. The Labute approximate surface area is 159 Å². The molecule has 26 heavy (non-hydrogen) atoms. The van der Waals surface area contributed by atoms with Gasteiger partial charge in [0.25, 0.3) is 0 Å². The van der Waals surface area contributed by atoms with Gasteiger partial charge in [-0.2, -0.15) is 13.2 Å². The number of aliphatic hydroxyl groups is 1. The fourth-order valence-electron chi connectivity index (χ4n) is 2.52. The zero-order valence-electron chi connectivity index (χ0n) is 14.3. The fraction of sp³-hybridized carbons (Fsp3) is 0.333. The van der Waals surface area contributed by atoms with Gasteiger partial charge in [0.2, 0.25) is 0 Å². The van der Waals surface area contributed by atoms with Gasteiger partial charge in [-0.1, -0.05) is 6.08 Å². The zero-order chi connectivity index (χ0) is 19.4. The van der Waals surface area contributed by atoms with Crippen molar-refractivity contribution in [2.24, 2.45) is 0 Å². The molecule has 2 rings (SSSR count). The maximum absolute atomic E-state index is 12.4. The first-order valence-electron chi connectivity index (χ1n) is 7.71. The van der Waals surface area contributed by atoms with Crippen molar-refractivity contribution in [2.75, 3.05) is 0 Å². The van der Waals surface area contributed by atoms with Gasteiger partial charge in [-0.25, -0.2) is 9.97 Å². The van der Waals surface area contributed by atoms with Crippen molar-refractivity contribution in [1.29, 1.82) is 0 Å². The first kappa shape index (κ1) is 20.8. The van der Waals surface area contributed by atoms with Gasteiger partial charge in [-0.05, 0) is 56.3 Å². The van der Waals surface area contributed by atoms with E-state index >= 15 is 0 Å². The molecule has 3 nitrogen and oxygen atoms in total. The first-order valence-corrected chi connectivity index (χ1v) is 9.34. The first-order chi connectivity index (χ1) is 12.1. The number of hydrogen-bond acceptors (Lipinski definition) is 5. The van der Waals surface area contributed by atoms with E-state index in [-0.39, 0.29) is 23.1 Å². The average molecular weight is 400 g/mol. The van der Waals surface area contributed by atoms with Crippen LogP contribution in [0.5, 0.6) is 0 Å². The van der Waals surface area contributed by atoms with E-state index in [0.717, 1.165) is 4.90 Å². The molecule has 0 aliphatic rings. The third-order valence-corrected chi connectivity index (χ3v) is 6.00. The van der Waals surface area contributed by atoms with Crippen molar-refractivity contribution < 1.29 is 18.3 Å². The van der Waals surface area contributed by atoms with Crippen LogP contribution in [-0.4, -0.2) is 25.3 Å². The van der Waals surface area contributed by atoms with E-state index in [1.54, 1.807) is 30.6 Å². The van der Waals surface area contributed by atoms with Crippen LogP contribution in [0, 0.1) is 0 Å². The van der Waals surface area contributed by atoms with E-state index in [0.29, 0.717) is 5.56 Å². The van der Waals surface area contributed by atoms with Crippen LogP contribution in [0.15, 0.2) is 65.4 Å². The van der Waals surface area contributed by atoms with E-state index in [9.17, 15) is 18.3 Å². The quantitative estimate of drug-likeness (QED) is 0.496. The lowest BCUT2D eigenvalue weighted by Crippen LogP contribution is -2.45. The Morgan fingerprint density at radius 3 is 2.00 bits per heavy atom. The van der Waals surface area contributed by atoms with Crippen LogP contribution < -0.4 is 0 Å². The molecule has 0 amide bonds. The summed E-state index contributed by atoms with van der Waals surface area (Å²) in [5.74, 6) is 0. The van der Waals surface area contributed by atoms with Gasteiger partial charge < -0.3 is 5.11 Å². The van der Waals surface area contributed by atoms with Crippen LogP contribution in [0.1, 0.15) is 25.8 Å². The van der Waals surface area contributed by atoms with Gasteiger partial charge >= 0.3 is 5.51 Å². The van der Waals surface area contributed by atoms with Crippen molar-refractivity contribution in [2.45, 2.75) is 45.9 Å². The molecule has 8 heteroatoms. The Balaban J connectivity index is 2.26. The highest BCUT2D eigenvalue weighted by Gasteiger charge is 2.45. The van der Waals surface area contributed by atoms with Crippen LogP contribution in [0.4, 0.5) is 13.2 Å². The standard InChI is InChI=1S/C18H19F3N2OS2/c1-4-9-17(24,13-10-22-12-23-11-13)16(2,3)25-14-5-7-15(8-6-14)26-18(19,20)21/h4-8,10-12,24H,1,9H2,2-3H3. The summed E-state index contributed by atoms with van der Waals surface area (Å²) in [6, 6.07) is 6.09. The molecule has 1 atom stereocenters. The van der Waals surface area contributed by atoms with Gasteiger partial charge in [0, 0.05) is 32.5 Å². The highest BCUT2D eigenvalue weighted by molar-refractivity contribution is 8.01. The highest BCUT2D eigenvalue weighted by atomic mass is 32.2. The van der Waals surface area contributed by atoms with Crippen LogP contribution in [0.3, 0.4) is 0 Å². The largest absolute Gasteiger partial charge is 0.446 e. The predicted octanol–water partition coefficient (Wildman–Crippen LogP) is 5.42. The lowest BCUT2D eigenvalue weighted by atomic mass is 9.81. The van der Waals surface area contributed by atoms with Crippen molar-refractivity contribution in [3.63, 3.8) is 0 Å². The topological polar surface area (TPSA) is 46.0 Å². The molecule has 1 unspecified atom stereocenters. The number of alkyl halides is 3. The second-order valence-corrected chi connectivity index (χ2v) is 8.95. The van der Waals surface area contributed by atoms with Crippen molar-refractivity contribution >= 4 is 23.5 Å². The number of hydrogen-bond donors (Lipinski definition) is 1. The fourth-order valence-corrected chi connectivity index (χ4v) is 4.29. The van der Waals surface area contributed by atoms with Gasteiger partial charge in [-0.15, -0.1) is 18.3 Å². The third-order valence-electron chi connectivity index (χ3n) is 3.90. The summed E-state index contributed by atoms with van der Waals surface area (Å²) >= 11 is 1.22. The van der Waals surface area contributed by atoms with Crippen molar-refractivity contribution in [3.05, 3.63) is 61.2 Å². The number of benzene rings is 1. The summed E-state index contributed by atoms with van der Waals surface area (Å²) in [6.45, 7) is 7.45. The van der Waals surface area contributed by atoms with Crippen LogP contribution in [0.2, 0.25) is 0 Å². The second-order valence-electron chi connectivity index (χ2n) is 6.11. The van der Waals surface area contributed by atoms with Crippen LogP contribution >= 0.6 is 23.5 Å². The number of aromatic nitrogens is 2. The molecule has 0 aliphatic heterocycles. The Bertz CT molecular complexity index is 736. The maximum Gasteiger partial charge on any atom is 0.446 e. The summed E-state index contributed by atoms with van der Waals surface area (Å²) in [7, 11) is 0.